The molecule has 7 heteroatoms. The normalized spacial score (nSPS) is 17.9. The molecule has 1 N–H and O–H groups in total. The van der Waals surface area contributed by atoms with Crippen molar-refractivity contribution in [1.29, 1.82) is 0 Å². The molecule has 1 heterocycles. The van der Waals surface area contributed by atoms with Crippen molar-refractivity contribution in [2.45, 2.75) is 18.7 Å². The van der Waals surface area contributed by atoms with Gasteiger partial charge in [0.1, 0.15) is 0 Å². The lowest BCUT2D eigenvalue weighted by atomic mass is 10.1. The molecule has 0 amide bonds. The highest BCUT2D eigenvalue weighted by atomic mass is 35.5. The highest BCUT2D eigenvalue weighted by Crippen LogP contribution is 2.27. The maximum Gasteiger partial charge on any atom is 0.362 e. The second-order valence-electron chi connectivity index (χ2n) is 3.70. The highest BCUT2D eigenvalue weighted by molar-refractivity contribution is 6.39. The Morgan fingerprint density at radius 3 is 3.06 bits per heavy atom. The molecular formula is C11H10Cl2N2O3. The number of rotatable bonds is 2. The number of hydrogen-bond acceptors (Lipinski definition) is 4. The molecule has 0 radical (unpaired) electrons. The summed E-state index contributed by atoms with van der Waals surface area (Å²) in [6.45, 7) is 1.83. The van der Waals surface area contributed by atoms with E-state index in [1.165, 1.54) is 6.08 Å². The summed E-state index contributed by atoms with van der Waals surface area (Å²) in [4.78, 5) is 29.8. The van der Waals surface area contributed by atoms with E-state index in [0.29, 0.717) is 22.8 Å². The second kappa shape index (κ2) is 5.12. The SMILES string of the molecule is CCOC(=O)c1nc2c([nH]c1=O)CC(Cl)C(Cl)=C2. The molecular weight excluding hydrogens is 279 g/mol. The molecule has 0 aromatic carbocycles. The van der Waals surface area contributed by atoms with Crippen molar-refractivity contribution < 1.29 is 9.53 Å². The third-order valence-electron chi connectivity index (χ3n) is 2.45. The molecule has 1 unspecified atom stereocenters. The van der Waals surface area contributed by atoms with Crippen LogP contribution in [0.2, 0.25) is 0 Å². The molecule has 0 saturated carbocycles. The topological polar surface area (TPSA) is 72.0 Å². The zero-order valence-corrected chi connectivity index (χ0v) is 11.0. The van der Waals surface area contributed by atoms with Gasteiger partial charge in [-0.2, -0.15) is 0 Å². The molecule has 0 bridgehead atoms. The molecule has 1 aromatic rings. The van der Waals surface area contributed by atoms with Crippen LogP contribution in [0.25, 0.3) is 6.08 Å². The minimum absolute atomic E-state index is 0.178. The van der Waals surface area contributed by atoms with Crippen LogP contribution >= 0.6 is 23.2 Å². The third-order valence-corrected chi connectivity index (χ3v) is 3.32. The zero-order valence-electron chi connectivity index (χ0n) is 9.50. The van der Waals surface area contributed by atoms with Crippen LogP contribution < -0.4 is 5.56 Å². The van der Waals surface area contributed by atoms with Gasteiger partial charge in [-0.15, -0.1) is 11.6 Å². The number of fused-ring (bicyclic) bond motifs is 1. The minimum Gasteiger partial charge on any atom is -0.461 e. The van der Waals surface area contributed by atoms with Gasteiger partial charge in [-0.1, -0.05) is 11.6 Å². The predicted molar refractivity (Wildman–Crippen MR) is 68.0 cm³/mol. The van der Waals surface area contributed by atoms with E-state index in [0.717, 1.165) is 0 Å². The molecule has 0 aliphatic heterocycles. The first-order valence-corrected chi connectivity index (χ1v) is 6.15. The number of nitrogens with zero attached hydrogens (tertiary/aromatic N) is 1. The largest absolute Gasteiger partial charge is 0.461 e. The number of halogens is 2. The van der Waals surface area contributed by atoms with Crippen LogP contribution in [0.4, 0.5) is 0 Å². The van der Waals surface area contributed by atoms with E-state index in [1.807, 2.05) is 0 Å². The summed E-state index contributed by atoms with van der Waals surface area (Å²) in [6.07, 6.45) is 1.91. The molecule has 2 rings (SSSR count). The van der Waals surface area contributed by atoms with Crippen molar-refractivity contribution in [3.63, 3.8) is 0 Å². The molecule has 96 valence electrons. The first-order valence-electron chi connectivity index (χ1n) is 5.34. The van der Waals surface area contributed by atoms with Crippen LogP contribution in [-0.4, -0.2) is 27.9 Å². The summed E-state index contributed by atoms with van der Waals surface area (Å²) in [5.74, 6) is -0.751. The van der Waals surface area contributed by atoms with E-state index >= 15 is 0 Å². The van der Waals surface area contributed by atoms with Crippen LogP contribution in [0, 0.1) is 0 Å². The van der Waals surface area contributed by atoms with Crippen LogP contribution in [-0.2, 0) is 11.2 Å². The smallest absolute Gasteiger partial charge is 0.362 e. The van der Waals surface area contributed by atoms with Gasteiger partial charge in [0.05, 0.1) is 17.7 Å². The van der Waals surface area contributed by atoms with Crippen LogP contribution in [0.1, 0.15) is 28.8 Å². The Hall–Kier alpha value is -1.33. The maximum absolute atomic E-state index is 11.7. The van der Waals surface area contributed by atoms with Gasteiger partial charge >= 0.3 is 5.97 Å². The second-order valence-corrected chi connectivity index (χ2v) is 4.66. The van der Waals surface area contributed by atoms with E-state index in [4.69, 9.17) is 27.9 Å². The third kappa shape index (κ3) is 2.42. The summed E-state index contributed by atoms with van der Waals surface area (Å²) in [7, 11) is 0. The van der Waals surface area contributed by atoms with Gasteiger partial charge in [0.25, 0.3) is 5.56 Å². The lowest BCUT2D eigenvalue weighted by Gasteiger charge is -2.16. The molecule has 0 saturated heterocycles. The number of H-pyrrole nitrogens is 1. The van der Waals surface area contributed by atoms with Crippen molar-refractivity contribution >= 4 is 35.2 Å². The van der Waals surface area contributed by atoms with Crippen LogP contribution in [0.5, 0.6) is 0 Å². The summed E-state index contributed by atoms with van der Waals surface area (Å²) in [5, 5.41) is 0.0450. The maximum atomic E-state index is 11.7. The Bertz CT molecular complexity index is 580. The Morgan fingerprint density at radius 1 is 1.67 bits per heavy atom. The van der Waals surface area contributed by atoms with E-state index in [9.17, 15) is 9.59 Å². The van der Waals surface area contributed by atoms with Crippen molar-refractivity contribution in [2.24, 2.45) is 0 Å². The van der Waals surface area contributed by atoms with Gasteiger partial charge in [-0.05, 0) is 13.0 Å². The summed E-state index contributed by atoms with van der Waals surface area (Å²) >= 11 is 11.9. The van der Waals surface area contributed by atoms with E-state index in [2.05, 4.69) is 9.97 Å². The summed E-state index contributed by atoms with van der Waals surface area (Å²) in [6, 6.07) is 0. The van der Waals surface area contributed by atoms with Gasteiger partial charge in [-0.3, -0.25) is 4.79 Å². The lowest BCUT2D eigenvalue weighted by Crippen LogP contribution is -2.27. The van der Waals surface area contributed by atoms with Gasteiger partial charge in [-0.25, -0.2) is 9.78 Å². The number of esters is 1. The van der Waals surface area contributed by atoms with Crippen molar-refractivity contribution in [3.8, 4) is 0 Å². The molecule has 5 nitrogen and oxygen atoms in total. The van der Waals surface area contributed by atoms with Gasteiger partial charge in [0.2, 0.25) is 5.69 Å². The molecule has 0 spiro atoms. The zero-order chi connectivity index (χ0) is 13.3. The standard InChI is InChI=1S/C11H10Cl2N2O3/c1-2-18-11(17)9-10(16)15-8-4-6(13)5(12)3-7(8)14-9/h3,6H,2,4H2,1H3,(H,15,16). The number of nitrogens with one attached hydrogen (secondary N) is 1. The fourth-order valence-corrected chi connectivity index (χ4v) is 2.01. The number of hydrogen-bond donors (Lipinski definition) is 1. The monoisotopic (exact) mass is 288 g/mol. The first-order chi connectivity index (χ1) is 8.52. The Balaban J connectivity index is 2.48. The Morgan fingerprint density at radius 2 is 2.39 bits per heavy atom. The van der Waals surface area contributed by atoms with Gasteiger partial charge in [0, 0.05) is 17.1 Å². The van der Waals surface area contributed by atoms with Crippen molar-refractivity contribution in [2.75, 3.05) is 6.61 Å². The summed E-state index contributed by atoms with van der Waals surface area (Å²) in [5.41, 5.74) is 0.156. The average Bonchev–Trinajstić information content (AvgIpc) is 2.31. The summed E-state index contributed by atoms with van der Waals surface area (Å²) < 4.78 is 4.75. The molecule has 1 aliphatic rings. The Kier molecular flexibility index (Phi) is 3.73. The number of allylic oxidation sites excluding steroid dienone is 1. The number of ether oxygens (including phenoxy) is 1. The number of aromatic nitrogens is 2. The number of carbonyl (C=O) groups is 1. The molecule has 1 atom stereocenters. The van der Waals surface area contributed by atoms with Gasteiger partial charge < -0.3 is 9.72 Å². The minimum atomic E-state index is -0.751. The first kappa shape index (κ1) is 13.1. The van der Waals surface area contributed by atoms with Crippen molar-refractivity contribution in [1.82, 2.24) is 9.97 Å². The quantitative estimate of drug-likeness (QED) is 0.664. The van der Waals surface area contributed by atoms with E-state index < -0.39 is 11.5 Å². The fourth-order valence-electron chi connectivity index (χ4n) is 1.61. The molecule has 1 aliphatic carbocycles. The van der Waals surface area contributed by atoms with Crippen LogP contribution in [0.3, 0.4) is 0 Å². The fraction of sp³-hybridized carbons (Fsp3) is 0.364. The van der Waals surface area contributed by atoms with Gasteiger partial charge in [0.15, 0.2) is 0 Å². The molecule has 0 fully saturated rings. The van der Waals surface area contributed by atoms with E-state index in [-0.39, 0.29) is 17.7 Å². The average molecular weight is 289 g/mol. The Labute approximate surface area is 113 Å². The van der Waals surface area contributed by atoms with Crippen molar-refractivity contribution in [3.05, 3.63) is 32.5 Å². The lowest BCUT2D eigenvalue weighted by molar-refractivity contribution is 0.0517. The number of aromatic amines is 1. The van der Waals surface area contributed by atoms with Crippen LogP contribution in [0.15, 0.2) is 9.83 Å². The van der Waals surface area contributed by atoms with E-state index in [1.54, 1.807) is 6.92 Å². The predicted octanol–water partition coefficient (Wildman–Crippen LogP) is 1.69. The highest BCUT2D eigenvalue weighted by Gasteiger charge is 2.23. The number of carbonyl (C=O) groups excluding carboxylic acids is 1. The molecule has 18 heavy (non-hydrogen) atoms. The molecule has 1 aromatic heterocycles. The number of alkyl halides is 1.